The van der Waals surface area contributed by atoms with Crippen LogP contribution in [0, 0.1) is 0 Å². The van der Waals surface area contributed by atoms with Crippen LogP contribution in [0.3, 0.4) is 0 Å². The Morgan fingerprint density at radius 1 is 0.775 bits per heavy atom. The molecule has 0 aliphatic rings. The van der Waals surface area contributed by atoms with Crippen LogP contribution in [0.4, 0.5) is 0 Å². The lowest BCUT2D eigenvalue weighted by molar-refractivity contribution is 0.309. The van der Waals surface area contributed by atoms with Crippen molar-refractivity contribution in [3.05, 3.63) is 70.6 Å². The van der Waals surface area contributed by atoms with Crippen molar-refractivity contribution in [2.75, 3.05) is 14.2 Å². The smallest absolute Gasteiger partial charge is 0.336 e. The summed E-state index contributed by atoms with van der Waals surface area (Å²) < 4.78 is 64.7. The molecular weight excluding hydrogens is 577 g/mol. The molecule has 1 heterocycles. The Kier molecular flexibility index (Phi) is 6.98. The van der Waals surface area contributed by atoms with Gasteiger partial charge in [-0.25, -0.2) is 9.00 Å². The van der Waals surface area contributed by atoms with Crippen LogP contribution in [0.15, 0.2) is 78.5 Å². The average Bonchev–Trinajstić information content (AvgIpc) is 2.97. The molecule has 40 heavy (non-hydrogen) atoms. The zero-order chi connectivity index (χ0) is 28.1. The Labute approximate surface area is 237 Å². The van der Waals surface area contributed by atoms with Crippen LogP contribution in [0.1, 0.15) is 5.56 Å². The van der Waals surface area contributed by atoms with Gasteiger partial charge >= 0.3 is 5.63 Å². The van der Waals surface area contributed by atoms with Crippen molar-refractivity contribution in [1.29, 1.82) is 0 Å². The summed E-state index contributed by atoms with van der Waals surface area (Å²) >= 11 is -1.26. The van der Waals surface area contributed by atoms with E-state index in [1.54, 1.807) is 30.3 Å². The fraction of sp³-hybridized carbons (Fsp3) is 0.107. The maximum absolute atomic E-state index is 12.4. The highest BCUT2D eigenvalue weighted by atomic mass is 32.2. The van der Waals surface area contributed by atoms with E-state index in [1.165, 1.54) is 26.4 Å². The first-order valence-corrected chi connectivity index (χ1v) is 14.4. The molecule has 0 saturated carbocycles. The quantitative estimate of drug-likeness (QED) is 0.0725. The third kappa shape index (κ3) is 4.24. The maximum Gasteiger partial charge on any atom is 0.336 e. The third-order valence-electron chi connectivity index (χ3n) is 6.85. The van der Waals surface area contributed by atoms with Crippen molar-refractivity contribution in [3.8, 4) is 17.2 Å². The summed E-state index contributed by atoms with van der Waals surface area (Å²) in [5.41, 5.74) is 0.302. The molecule has 1 unspecified atom stereocenters. The predicted molar refractivity (Wildman–Crippen MR) is 156 cm³/mol. The van der Waals surface area contributed by atoms with E-state index >= 15 is 0 Å². The Morgan fingerprint density at radius 2 is 1.38 bits per heavy atom. The first-order valence-electron chi connectivity index (χ1n) is 11.7. The first-order chi connectivity index (χ1) is 19.4. The zero-order valence-corrected chi connectivity index (χ0v) is 23.4. The Morgan fingerprint density at radius 3 is 2.02 bits per heavy atom. The summed E-state index contributed by atoms with van der Waals surface area (Å²) in [5.74, 6) is 1.30. The summed E-state index contributed by atoms with van der Waals surface area (Å²) in [6.07, 6.45) is 0. The topological polar surface area (TPSA) is 136 Å². The van der Waals surface area contributed by atoms with Crippen LogP contribution < -0.4 is 19.8 Å². The van der Waals surface area contributed by atoms with Gasteiger partial charge in [-0.1, -0.05) is 18.2 Å². The second-order valence-electron chi connectivity index (χ2n) is 8.83. The lowest BCUT2D eigenvalue weighted by atomic mass is 9.93. The molecule has 0 radical (unpaired) electrons. The highest BCUT2D eigenvalue weighted by Crippen LogP contribution is 2.46. The van der Waals surface area contributed by atoms with Gasteiger partial charge in [0.05, 0.1) is 19.1 Å². The van der Waals surface area contributed by atoms with Gasteiger partial charge in [-0.2, -0.15) is 0 Å². The van der Waals surface area contributed by atoms with Crippen molar-refractivity contribution < 1.29 is 36.5 Å². The summed E-state index contributed by atoms with van der Waals surface area (Å²) in [6.45, 7) is -0.0132. The third-order valence-corrected chi connectivity index (χ3v) is 8.63. The Bertz CT molecular complexity index is 2020. The van der Waals surface area contributed by atoms with Crippen LogP contribution in [-0.4, -0.2) is 32.1 Å². The molecule has 0 amide bonds. The average molecular weight is 597 g/mol. The van der Waals surface area contributed by atoms with Crippen LogP contribution >= 0.6 is 24.1 Å². The van der Waals surface area contributed by atoms with E-state index in [4.69, 9.17) is 18.6 Å². The molecule has 0 aliphatic heterocycles. The SMILES string of the molecule is COc1cc2oc(=O)cc(COc3cc(SO)c4ccc5c(S(=O)O)cc(SO)c6ccc3c4c65)c2cc1OC. The largest absolute Gasteiger partial charge is 0.493 e. The van der Waals surface area contributed by atoms with Crippen molar-refractivity contribution in [2.24, 2.45) is 0 Å². The molecular formula is C28H20O9S3. The van der Waals surface area contributed by atoms with Gasteiger partial charge in [0.1, 0.15) is 17.9 Å². The first kappa shape index (κ1) is 26.7. The highest BCUT2D eigenvalue weighted by molar-refractivity contribution is 7.94. The molecule has 5 aromatic carbocycles. The second-order valence-corrected chi connectivity index (χ2v) is 11.0. The molecule has 3 N–H and O–H groups in total. The van der Waals surface area contributed by atoms with Crippen LogP contribution in [0.25, 0.3) is 43.3 Å². The van der Waals surface area contributed by atoms with E-state index in [2.05, 4.69) is 0 Å². The minimum absolute atomic E-state index is 0.0132. The highest BCUT2D eigenvalue weighted by Gasteiger charge is 2.21. The van der Waals surface area contributed by atoms with Crippen molar-refractivity contribution in [1.82, 2.24) is 0 Å². The Hall–Kier alpha value is -3.52. The molecule has 6 aromatic rings. The minimum atomic E-state index is -2.30. The van der Waals surface area contributed by atoms with E-state index in [9.17, 15) is 22.7 Å². The zero-order valence-electron chi connectivity index (χ0n) is 20.9. The second kappa shape index (κ2) is 10.5. The van der Waals surface area contributed by atoms with Gasteiger partial charge in [-0.15, -0.1) is 0 Å². The predicted octanol–water partition coefficient (Wildman–Crippen LogP) is 7.00. The molecule has 6 rings (SSSR count). The maximum atomic E-state index is 12.4. The van der Waals surface area contributed by atoms with E-state index in [1.807, 2.05) is 12.1 Å². The fourth-order valence-corrected chi connectivity index (χ4v) is 6.63. The molecule has 9 nitrogen and oxygen atoms in total. The van der Waals surface area contributed by atoms with Crippen molar-refractivity contribution in [2.45, 2.75) is 21.3 Å². The molecule has 1 atom stereocenters. The van der Waals surface area contributed by atoms with E-state index in [-0.39, 0.29) is 11.5 Å². The summed E-state index contributed by atoms with van der Waals surface area (Å²) in [4.78, 5) is 13.5. The number of hydrogen-bond donors (Lipinski definition) is 3. The minimum Gasteiger partial charge on any atom is -0.493 e. The van der Waals surface area contributed by atoms with E-state index in [0.717, 1.165) is 0 Å². The summed E-state index contributed by atoms with van der Waals surface area (Å²) in [7, 11) is 3.00. The number of ether oxygens (including phenoxy) is 3. The van der Waals surface area contributed by atoms with Gasteiger partial charge in [-0.05, 0) is 35.0 Å². The molecule has 0 bridgehead atoms. The molecule has 0 fully saturated rings. The van der Waals surface area contributed by atoms with Crippen LogP contribution in [0.2, 0.25) is 0 Å². The number of benzene rings is 5. The van der Waals surface area contributed by atoms with Gasteiger partial charge in [0, 0.05) is 78.5 Å². The molecule has 12 heteroatoms. The summed E-state index contributed by atoms with van der Waals surface area (Å²) in [5, 5.41) is 4.60. The van der Waals surface area contributed by atoms with Gasteiger partial charge in [0.25, 0.3) is 0 Å². The van der Waals surface area contributed by atoms with Crippen molar-refractivity contribution >= 4 is 78.5 Å². The molecule has 1 aromatic heterocycles. The number of rotatable bonds is 8. The molecule has 204 valence electrons. The van der Waals surface area contributed by atoms with Gasteiger partial charge in [-0.3, -0.25) is 0 Å². The number of methoxy groups -OCH3 is 2. The lowest BCUT2D eigenvalue weighted by Crippen LogP contribution is -2.05. The summed E-state index contributed by atoms with van der Waals surface area (Å²) in [6, 6.07) is 15.0. The molecule has 0 aliphatic carbocycles. The van der Waals surface area contributed by atoms with E-state index in [0.29, 0.717) is 100.0 Å². The lowest BCUT2D eigenvalue weighted by Gasteiger charge is -2.19. The molecule has 0 saturated heterocycles. The van der Waals surface area contributed by atoms with Gasteiger partial charge < -0.3 is 32.3 Å². The van der Waals surface area contributed by atoms with Crippen molar-refractivity contribution in [3.63, 3.8) is 0 Å². The fourth-order valence-electron chi connectivity index (χ4n) is 5.11. The van der Waals surface area contributed by atoms with Crippen LogP contribution in [0.5, 0.6) is 17.2 Å². The number of fused-ring (bicyclic) bond motifs is 1. The number of hydrogen-bond acceptors (Lipinski definition) is 10. The van der Waals surface area contributed by atoms with Crippen LogP contribution in [-0.2, 0) is 17.7 Å². The standard InChI is InChI=1S/C28H20O9S3/c1-34-21-8-18-13(7-26(29)37-20(18)9-22(21)35-2)12-36-19-10-23(38-30)15-5-6-17-25(40(32)33)11-24(39-31)16-4-3-14(19)27(15)28(16)17/h3-11,30-31H,12H2,1-2H3,(H,32,33). The van der Waals surface area contributed by atoms with Gasteiger partial charge in [0.2, 0.25) is 0 Å². The molecule has 0 spiro atoms. The normalized spacial score (nSPS) is 12.5. The van der Waals surface area contributed by atoms with Gasteiger partial charge in [0.15, 0.2) is 22.6 Å². The van der Waals surface area contributed by atoms with E-state index < -0.39 is 16.7 Å². The monoisotopic (exact) mass is 596 g/mol. The Balaban J connectivity index is 1.56.